The molecule has 1 aliphatic heterocycles. The Labute approximate surface area is 221 Å². The van der Waals surface area contributed by atoms with Crippen molar-refractivity contribution in [2.45, 2.75) is 43.8 Å². The lowest BCUT2D eigenvalue weighted by molar-refractivity contribution is 0.415. The summed E-state index contributed by atoms with van der Waals surface area (Å²) >= 11 is 3.48. The van der Waals surface area contributed by atoms with Crippen molar-refractivity contribution in [3.05, 3.63) is 53.9 Å². The highest BCUT2D eigenvalue weighted by atomic mass is 32.2. The zero-order valence-corrected chi connectivity index (χ0v) is 22.9. The lowest BCUT2D eigenvalue weighted by Crippen LogP contribution is -2.32. The van der Waals surface area contributed by atoms with Gasteiger partial charge >= 0.3 is 0 Å². The average Bonchev–Trinajstić information content (AvgIpc) is 3.35. The summed E-state index contributed by atoms with van der Waals surface area (Å²) in [5, 5.41) is 9.53. The van der Waals surface area contributed by atoms with Crippen LogP contribution in [0.25, 0.3) is 10.2 Å². The molecule has 2 aromatic carbocycles. The fourth-order valence-electron chi connectivity index (χ4n) is 4.43. The number of nitrogens with one attached hydrogen (secondary N) is 2. The molecule has 2 N–H and O–H groups in total. The lowest BCUT2D eigenvalue weighted by atomic mass is 9.99. The van der Waals surface area contributed by atoms with E-state index in [9.17, 15) is 0 Å². The summed E-state index contributed by atoms with van der Waals surface area (Å²) < 4.78 is 6.79. The second-order valence-corrected chi connectivity index (χ2v) is 12.0. The number of benzene rings is 2. The first-order chi connectivity index (χ1) is 17.5. The van der Waals surface area contributed by atoms with Crippen LogP contribution in [0, 0.1) is 5.92 Å². The van der Waals surface area contributed by atoms with Gasteiger partial charge in [-0.25, -0.2) is 4.98 Å². The standard InChI is InChI=1S/C28H33N5OS2/c1-18(2)36-25-8-6-5-7-22(25)29-27-26-23(13-16-35-26)31-28(32-27)30-21-10-9-20(17-24(21)34-4)33-14-11-19(3)12-15-33/h5-10,13,16-19H,11-12,14-15H2,1-4H3,(H2,29,30,31,32). The number of nitrogens with zero attached hydrogens (tertiary/aromatic N) is 3. The molecular formula is C28H33N5OS2. The third-order valence-electron chi connectivity index (χ3n) is 6.39. The minimum absolute atomic E-state index is 0.487. The maximum Gasteiger partial charge on any atom is 0.229 e. The predicted molar refractivity (Wildman–Crippen MR) is 155 cm³/mol. The highest BCUT2D eigenvalue weighted by Crippen LogP contribution is 2.37. The van der Waals surface area contributed by atoms with Crippen LogP contribution in [-0.4, -0.2) is 35.4 Å². The molecule has 0 aliphatic carbocycles. The normalized spacial score (nSPS) is 14.4. The van der Waals surface area contributed by atoms with Gasteiger partial charge in [0.2, 0.25) is 5.95 Å². The molecule has 0 bridgehead atoms. The Morgan fingerprint density at radius 2 is 1.83 bits per heavy atom. The summed E-state index contributed by atoms with van der Waals surface area (Å²) in [5.74, 6) is 2.92. The SMILES string of the molecule is COc1cc(N2CCC(C)CC2)ccc1Nc1nc(Nc2ccccc2SC(C)C)c2sccc2n1. The van der Waals surface area contributed by atoms with Gasteiger partial charge in [0, 0.05) is 35.0 Å². The van der Waals surface area contributed by atoms with Gasteiger partial charge in [0.05, 0.1) is 28.7 Å². The Hall–Kier alpha value is -2.97. The number of hydrogen-bond acceptors (Lipinski definition) is 8. The van der Waals surface area contributed by atoms with Gasteiger partial charge in [-0.3, -0.25) is 0 Å². The third-order valence-corrected chi connectivity index (χ3v) is 8.38. The Balaban J connectivity index is 1.43. The van der Waals surface area contributed by atoms with E-state index < -0.39 is 0 Å². The van der Waals surface area contributed by atoms with Gasteiger partial charge in [0.15, 0.2) is 5.82 Å². The molecule has 5 rings (SSSR count). The number of fused-ring (bicyclic) bond motifs is 1. The highest BCUT2D eigenvalue weighted by molar-refractivity contribution is 8.00. The van der Waals surface area contributed by atoms with Crippen molar-refractivity contribution in [3.63, 3.8) is 0 Å². The van der Waals surface area contributed by atoms with Crippen LogP contribution in [0.1, 0.15) is 33.6 Å². The first-order valence-corrected chi connectivity index (χ1v) is 14.2. The van der Waals surface area contributed by atoms with E-state index in [2.05, 4.69) is 78.1 Å². The number of ether oxygens (including phenoxy) is 1. The molecule has 0 atom stereocenters. The molecule has 1 fully saturated rings. The fourth-order valence-corrected chi connectivity index (χ4v) is 6.11. The number of aromatic nitrogens is 2. The number of thiophene rings is 1. The topological polar surface area (TPSA) is 62.3 Å². The molecule has 1 saturated heterocycles. The predicted octanol–water partition coefficient (Wildman–Crippen LogP) is 7.92. The van der Waals surface area contributed by atoms with Crippen molar-refractivity contribution >= 4 is 62.1 Å². The quantitative estimate of drug-likeness (QED) is 0.229. The Bertz CT molecular complexity index is 1330. The fraction of sp³-hybridized carbons (Fsp3) is 0.357. The van der Waals surface area contributed by atoms with Crippen molar-refractivity contribution in [2.24, 2.45) is 5.92 Å². The van der Waals surface area contributed by atoms with Gasteiger partial charge < -0.3 is 20.3 Å². The zero-order chi connectivity index (χ0) is 25.1. The molecule has 0 amide bonds. The van der Waals surface area contributed by atoms with Crippen molar-refractivity contribution in [3.8, 4) is 5.75 Å². The van der Waals surface area contributed by atoms with Gasteiger partial charge in [0.25, 0.3) is 0 Å². The largest absolute Gasteiger partial charge is 0.494 e. The van der Waals surface area contributed by atoms with Crippen LogP contribution in [0.5, 0.6) is 5.75 Å². The van der Waals surface area contributed by atoms with E-state index in [1.807, 2.05) is 23.9 Å². The summed E-state index contributed by atoms with van der Waals surface area (Å²) in [6, 6.07) is 16.7. The lowest BCUT2D eigenvalue weighted by Gasteiger charge is -2.32. The van der Waals surface area contributed by atoms with Crippen LogP contribution in [0.15, 0.2) is 58.8 Å². The van der Waals surface area contributed by atoms with Crippen molar-refractivity contribution in [2.75, 3.05) is 35.7 Å². The number of methoxy groups -OCH3 is 1. The molecule has 0 spiro atoms. The second-order valence-electron chi connectivity index (χ2n) is 9.50. The summed E-state index contributed by atoms with van der Waals surface area (Å²) in [7, 11) is 1.71. The Kier molecular flexibility index (Phi) is 7.53. The van der Waals surface area contributed by atoms with Crippen LogP contribution in [0.4, 0.5) is 28.8 Å². The minimum Gasteiger partial charge on any atom is -0.494 e. The summed E-state index contributed by atoms with van der Waals surface area (Å²) in [6.07, 6.45) is 2.46. The molecule has 8 heteroatoms. The maximum absolute atomic E-state index is 5.76. The van der Waals surface area contributed by atoms with E-state index in [1.165, 1.54) is 23.4 Å². The van der Waals surface area contributed by atoms with Gasteiger partial charge in [0.1, 0.15) is 5.75 Å². The molecular weight excluding hydrogens is 486 g/mol. The number of anilines is 5. The molecule has 2 aromatic heterocycles. The maximum atomic E-state index is 5.76. The van der Waals surface area contributed by atoms with Crippen LogP contribution >= 0.6 is 23.1 Å². The molecule has 3 heterocycles. The van der Waals surface area contributed by atoms with Crippen molar-refractivity contribution in [1.29, 1.82) is 0 Å². The minimum atomic E-state index is 0.487. The first-order valence-electron chi connectivity index (χ1n) is 12.5. The van der Waals surface area contributed by atoms with E-state index in [-0.39, 0.29) is 0 Å². The van der Waals surface area contributed by atoms with Gasteiger partial charge in [-0.2, -0.15) is 4.98 Å². The molecule has 6 nitrogen and oxygen atoms in total. The summed E-state index contributed by atoms with van der Waals surface area (Å²) in [5.41, 5.74) is 4.00. The number of hydrogen-bond donors (Lipinski definition) is 2. The molecule has 4 aromatic rings. The second kappa shape index (κ2) is 11.0. The van der Waals surface area contributed by atoms with E-state index in [4.69, 9.17) is 14.7 Å². The van der Waals surface area contributed by atoms with E-state index >= 15 is 0 Å². The Morgan fingerprint density at radius 1 is 1.03 bits per heavy atom. The molecule has 0 unspecified atom stereocenters. The van der Waals surface area contributed by atoms with E-state index in [0.717, 1.165) is 52.2 Å². The van der Waals surface area contributed by atoms with Crippen LogP contribution in [0.2, 0.25) is 0 Å². The molecule has 0 radical (unpaired) electrons. The summed E-state index contributed by atoms with van der Waals surface area (Å²) in [4.78, 5) is 13.3. The smallest absolute Gasteiger partial charge is 0.229 e. The molecule has 1 aliphatic rings. The first kappa shape index (κ1) is 24.7. The molecule has 0 saturated carbocycles. The average molecular weight is 520 g/mol. The molecule has 188 valence electrons. The number of piperidine rings is 1. The van der Waals surface area contributed by atoms with Crippen molar-refractivity contribution < 1.29 is 4.74 Å². The van der Waals surface area contributed by atoms with Crippen LogP contribution in [0.3, 0.4) is 0 Å². The molecule has 36 heavy (non-hydrogen) atoms. The van der Waals surface area contributed by atoms with Crippen LogP contribution in [-0.2, 0) is 0 Å². The Morgan fingerprint density at radius 3 is 2.61 bits per heavy atom. The third kappa shape index (κ3) is 5.55. The van der Waals surface area contributed by atoms with Crippen LogP contribution < -0.4 is 20.3 Å². The zero-order valence-electron chi connectivity index (χ0n) is 21.2. The van der Waals surface area contributed by atoms with Gasteiger partial charge in [-0.1, -0.05) is 32.9 Å². The van der Waals surface area contributed by atoms with Gasteiger partial charge in [-0.15, -0.1) is 23.1 Å². The van der Waals surface area contributed by atoms with E-state index in [0.29, 0.717) is 11.2 Å². The van der Waals surface area contributed by atoms with Gasteiger partial charge in [-0.05, 0) is 54.5 Å². The summed E-state index contributed by atoms with van der Waals surface area (Å²) in [6.45, 7) is 8.91. The monoisotopic (exact) mass is 519 g/mol. The number of rotatable bonds is 8. The number of para-hydroxylation sites is 1. The number of thioether (sulfide) groups is 1. The van der Waals surface area contributed by atoms with Crippen molar-refractivity contribution in [1.82, 2.24) is 9.97 Å². The highest BCUT2D eigenvalue weighted by Gasteiger charge is 2.18. The van der Waals surface area contributed by atoms with E-state index in [1.54, 1.807) is 18.4 Å².